The van der Waals surface area contributed by atoms with Crippen LogP contribution < -0.4 is 10.2 Å². The van der Waals surface area contributed by atoms with E-state index in [0.717, 1.165) is 47.2 Å². The van der Waals surface area contributed by atoms with Gasteiger partial charge in [0.25, 0.3) is 5.91 Å². The minimum atomic E-state index is -0.143. The number of amides is 2. The molecule has 5 heteroatoms. The Bertz CT molecular complexity index is 804. The van der Waals surface area contributed by atoms with Crippen LogP contribution >= 0.6 is 15.9 Å². The van der Waals surface area contributed by atoms with Crippen LogP contribution in [0, 0.1) is 0 Å². The molecule has 0 spiro atoms. The summed E-state index contributed by atoms with van der Waals surface area (Å²) in [6.45, 7) is 2.88. The maximum absolute atomic E-state index is 12.4. The number of hydrogen-bond donors (Lipinski definition) is 1. The topological polar surface area (TPSA) is 49.4 Å². The van der Waals surface area contributed by atoms with Gasteiger partial charge < -0.3 is 10.2 Å². The Kier molecular flexibility index (Phi) is 5.53. The number of nitrogens with zero attached hydrogens (tertiary/aromatic N) is 1. The van der Waals surface area contributed by atoms with E-state index >= 15 is 0 Å². The molecule has 3 rings (SSSR count). The number of carbonyl (C=O) groups excluding carboxylic acids is 2. The van der Waals surface area contributed by atoms with E-state index in [-0.39, 0.29) is 11.8 Å². The third-order valence-corrected chi connectivity index (χ3v) is 4.85. The maximum atomic E-state index is 12.4. The van der Waals surface area contributed by atoms with Crippen molar-refractivity contribution >= 4 is 39.1 Å². The zero-order valence-corrected chi connectivity index (χ0v) is 15.8. The van der Waals surface area contributed by atoms with Crippen molar-refractivity contribution in [1.82, 2.24) is 0 Å². The van der Waals surface area contributed by atoms with Crippen LogP contribution in [0.2, 0.25) is 0 Å². The third-order valence-electron chi connectivity index (χ3n) is 4.36. The second-order valence-corrected chi connectivity index (χ2v) is 7.12. The summed E-state index contributed by atoms with van der Waals surface area (Å²) in [5.74, 6) is 0.0443. The molecule has 0 atom stereocenters. The number of carbonyl (C=O) groups is 2. The fourth-order valence-electron chi connectivity index (χ4n) is 3.03. The summed E-state index contributed by atoms with van der Waals surface area (Å²) < 4.78 is 0.871. The second kappa shape index (κ2) is 7.83. The van der Waals surface area contributed by atoms with Gasteiger partial charge in [0.1, 0.15) is 0 Å². The van der Waals surface area contributed by atoms with Crippen LogP contribution in [0.25, 0.3) is 0 Å². The molecule has 1 heterocycles. The molecular weight excluding hydrogens is 380 g/mol. The molecule has 2 amide bonds. The summed E-state index contributed by atoms with van der Waals surface area (Å²) in [6.07, 6.45) is 3.30. The minimum Gasteiger partial charge on any atom is -0.322 e. The average molecular weight is 401 g/mol. The van der Waals surface area contributed by atoms with Crippen LogP contribution in [0.1, 0.15) is 42.1 Å². The Morgan fingerprint density at radius 1 is 1.20 bits per heavy atom. The molecule has 0 saturated heterocycles. The van der Waals surface area contributed by atoms with Crippen molar-refractivity contribution in [2.24, 2.45) is 0 Å². The van der Waals surface area contributed by atoms with Gasteiger partial charge in [0.2, 0.25) is 5.91 Å². The highest BCUT2D eigenvalue weighted by Gasteiger charge is 2.23. The maximum Gasteiger partial charge on any atom is 0.255 e. The first-order valence-electron chi connectivity index (χ1n) is 8.58. The number of benzene rings is 2. The third kappa shape index (κ3) is 4.10. The Morgan fingerprint density at radius 2 is 2.04 bits per heavy atom. The molecule has 25 heavy (non-hydrogen) atoms. The molecule has 0 unspecified atom stereocenters. The summed E-state index contributed by atoms with van der Waals surface area (Å²) in [4.78, 5) is 26.5. The lowest BCUT2D eigenvalue weighted by molar-refractivity contribution is -0.118. The van der Waals surface area contributed by atoms with Crippen molar-refractivity contribution in [3.05, 3.63) is 58.1 Å². The second-order valence-electron chi connectivity index (χ2n) is 6.21. The summed E-state index contributed by atoms with van der Waals surface area (Å²) >= 11 is 3.38. The van der Waals surface area contributed by atoms with Gasteiger partial charge >= 0.3 is 0 Å². The zero-order chi connectivity index (χ0) is 17.8. The van der Waals surface area contributed by atoms with Gasteiger partial charge in [0, 0.05) is 34.4 Å². The van der Waals surface area contributed by atoms with Crippen molar-refractivity contribution in [3.8, 4) is 0 Å². The van der Waals surface area contributed by atoms with Gasteiger partial charge in [-0.2, -0.15) is 0 Å². The number of anilines is 2. The number of unbranched alkanes of at least 4 members (excludes halogenated alkanes) is 1. The van der Waals surface area contributed by atoms with E-state index in [0.29, 0.717) is 12.0 Å². The van der Waals surface area contributed by atoms with Gasteiger partial charge in [-0.15, -0.1) is 0 Å². The van der Waals surface area contributed by atoms with Crippen LogP contribution in [0.5, 0.6) is 0 Å². The molecule has 0 aromatic heterocycles. The Balaban J connectivity index is 1.79. The van der Waals surface area contributed by atoms with Crippen LogP contribution in [-0.2, 0) is 11.2 Å². The summed E-state index contributed by atoms with van der Waals surface area (Å²) in [5, 5.41) is 2.94. The monoisotopic (exact) mass is 400 g/mol. The van der Waals surface area contributed by atoms with Gasteiger partial charge in [-0.3, -0.25) is 9.59 Å². The molecule has 0 radical (unpaired) electrons. The Morgan fingerprint density at radius 3 is 2.80 bits per heavy atom. The van der Waals surface area contributed by atoms with Crippen molar-refractivity contribution in [2.45, 2.75) is 32.6 Å². The van der Waals surface area contributed by atoms with E-state index in [4.69, 9.17) is 0 Å². The number of rotatable bonds is 5. The molecule has 1 aliphatic heterocycles. The fourth-order valence-corrected chi connectivity index (χ4v) is 3.43. The molecule has 2 aromatic carbocycles. The Hall–Kier alpha value is -2.14. The molecule has 130 valence electrons. The number of aryl methyl sites for hydroxylation is 1. The van der Waals surface area contributed by atoms with E-state index in [1.165, 1.54) is 0 Å². The minimum absolute atomic E-state index is 0.143. The molecule has 1 N–H and O–H groups in total. The SMILES string of the molecule is CCCCN1C(=O)CCc2cc(NC(=O)c3cccc(Br)c3)ccc21. The van der Waals surface area contributed by atoms with Gasteiger partial charge in [-0.05, 0) is 54.8 Å². The smallest absolute Gasteiger partial charge is 0.255 e. The molecule has 0 fully saturated rings. The van der Waals surface area contributed by atoms with Gasteiger partial charge in [-0.1, -0.05) is 35.3 Å². The summed E-state index contributed by atoms with van der Waals surface area (Å²) in [5.41, 5.74) is 3.45. The van der Waals surface area contributed by atoms with Crippen molar-refractivity contribution in [1.29, 1.82) is 0 Å². The highest BCUT2D eigenvalue weighted by molar-refractivity contribution is 9.10. The van der Waals surface area contributed by atoms with Crippen molar-refractivity contribution in [2.75, 3.05) is 16.8 Å². The lowest BCUT2D eigenvalue weighted by Crippen LogP contribution is -2.35. The zero-order valence-electron chi connectivity index (χ0n) is 14.2. The van der Waals surface area contributed by atoms with Gasteiger partial charge in [0.15, 0.2) is 0 Å². The first-order chi connectivity index (χ1) is 12.1. The van der Waals surface area contributed by atoms with Gasteiger partial charge in [-0.25, -0.2) is 0 Å². The fraction of sp³-hybridized carbons (Fsp3) is 0.300. The van der Waals surface area contributed by atoms with Crippen LogP contribution in [0.4, 0.5) is 11.4 Å². The first-order valence-corrected chi connectivity index (χ1v) is 9.38. The van der Waals surface area contributed by atoms with Crippen molar-refractivity contribution in [3.63, 3.8) is 0 Å². The van der Waals surface area contributed by atoms with Crippen LogP contribution in [0.15, 0.2) is 46.9 Å². The first kappa shape index (κ1) is 17.7. The standard InChI is InChI=1S/C20H21BrN2O2/c1-2-3-11-23-18-9-8-17(13-14(18)7-10-19(23)24)22-20(25)15-5-4-6-16(21)12-15/h4-6,8-9,12-13H,2-3,7,10-11H2,1H3,(H,22,25). The largest absolute Gasteiger partial charge is 0.322 e. The Labute approximate surface area is 156 Å². The highest BCUT2D eigenvalue weighted by Crippen LogP contribution is 2.30. The number of fused-ring (bicyclic) bond motifs is 1. The molecule has 4 nitrogen and oxygen atoms in total. The number of hydrogen-bond acceptors (Lipinski definition) is 2. The average Bonchev–Trinajstić information content (AvgIpc) is 2.61. The quantitative estimate of drug-likeness (QED) is 0.784. The summed E-state index contributed by atoms with van der Waals surface area (Å²) in [7, 11) is 0. The molecule has 2 aromatic rings. The van der Waals surface area contributed by atoms with E-state index < -0.39 is 0 Å². The van der Waals surface area contributed by atoms with E-state index in [1.807, 2.05) is 35.2 Å². The van der Waals surface area contributed by atoms with Crippen LogP contribution in [-0.4, -0.2) is 18.4 Å². The summed E-state index contributed by atoms with van der Waals surface area (Å²) in [6, 6.07) is 13.1. The van der Waals surface area contributed by atoms with Crippen LogP contribution in [0.3, 0.4) is 0 Å². The molecule has 0 saturated carbocycles. The highest BCUT2D eigenvalue weighted by atomic mass is 79.9. The van der Waals surface area contributed by atoms with E-state index in [2.05, 4.69) is 28.2 Å². The predicted molar refractivity (Wildman–Crippen MR) is 104 cm³/mol. The van der Waals surface area contributed by atoms with Gasteiger partial charge in [0.05, 0.1) is 0 Å². The molecular formula is C20H21BrN2O2. The normalized spacial score (nSPS) is 13.5. The number of nitrogens with one attached hydrogen (secondary N) is 1. The molecule has 0 bridgehead atoms. The number of halogens is 1. The van der Waals surface area contributed by atoms with E-state index in [1.54, 1.807) is 12.1 Å². The predicted octanol–water partition coefficient (Wildman–Crippen LogP) is 4.78. The van der Waals surface area contributed by atoms with E-state index in [9.17, 15) is 9.59 Å². The molecule has 1 aliphatic rings. The molecule has 0 aliphatic carbocycles. The van der Waals surface area contributed by atoms with Crippen molar-refractivity contribution < 1.29 is 9.59 Å². The lowest BCUT2D eigenvalue weighted by Gasteiger charge is -2.29. The lowest BCUT2D eigenvalue weighted by atomic mass is 10.00.